The van der Waals surface area contributed by atoms with E-state index in [9.17, 15) is 0 Å². The molecule has 0 amide bonds. The number of aromatic nitrogens is 2. The molecule has 3 aromatic carbocycles. The van der Waals surface area contributed by atoms with Gasteiger partial charge in [0.25, 0.3) is 0 Å². The Kier molecular flexibility index (Phi) is 5.25. The molecule has 0 unspecified atom stereocenters. The largest absolute Gasteiger partial charge is 0.457 e. The van der Waals surface area contributed by atoms with Gasteiger partial charge >= 0.3 is 0 Å². The molecule has 6 heteroatoms. The third-order valence-electron chi connectivity index (χ3n) is 4.42. The molecule has 0 bridgehead atoms. The number of anilines is 5. The maximum Gasteiger partial charge on any atom is 0.161 e. The first-order valence-electron chi connectivity index (χ1n) is 9.20. The second kappa shape index (κ2) is 8.31. The SMILES string of the molecule is CN(c1ccccc1)c1ncnc(Nc2ccc(Oc3ccccc3)cc2)c1N. The number of nitrogen functional groups attached to an aromatic ring is 1. The highest BCUT2D eigenvalue weighted by Gasteiger charge is 2.13. The zero-order chi connectivity index (χ0) is 20.1. The quantitative estimate of drug-likeness (QED) is 0.467. The topological polar surface area (TPSA) is 76.3 Å². The molecule has 1 heterocycles. The fraction of sp³-hybridized carbons (Fsp3) is 0.0435. The number of benzene rings is 3. The van der Waals surface area contributed by atoms with Gasteiger partial charge in [0.15, 0.2) is 11.6 Å². The molecule has 4 rings (SSSR count). The van der Waals surface area contributed by atoms with Crippen LogP contribution in [0.5, 0.6) is 11.5 Å². The van der Waals surface area contributed by atoms with E-state index in [1.807, 2.05) is 96.9 Å². The molecule has 6 nitrogen and oxygen atoms in total. The van der Waals surface area contributed by atoms with E-state index in [0.717, 1.165) is 22.9 Å². The first-order chi connectivity index (χ1) is 14.2. The number of rotatable bonds is 6. The van der Waals surface area contributed by atoms with E-state index in [2.05, 4.69) is 15.3 Å². The summed E-state index contributed by atoms with van der Waals surface area (Å²) in [5, 5.41) is 3.25. The number of ether oxygens (including phenoxy) is 1. The number of nitrogens with zero attached hydrogens (tertiary/aromatic N) is 3. The average molecular weight is 383 g/mol. The number of hydrogen-bond acceptors (Lipinski definition) is 6. The lowest BCUT2D eigenvalue weighted by Gasteiger charge is -2.21. The molecular formula is C23H21N5O. The summed E-state index contributed by atoms with van der Waals surface area (Å²) < 4.78 is 5.82. The molecule has 0 aliphatic heterocycles. The summed E-state index contributed by atoms with van der Waals surface area (Å²) in [4.78, 5) is 10.6. The Bertz CT molecular complexity index is 1070. The van der Waals surface area contributed by atoms with E-state index < -0.39 is 0 Å². The Morgan fingerprint density at radius 1 is 0.793 bits per heavy atom. The van der Waals surface area contributed by atoms with Crippen LogP contribution >= 0.6 is 0 Å². The van der Waals surface area contributed by atoms with Gasteiger partial charge in [-0.25, -0.2) is 9.97 Å². The molecule has 0 aliphatic carbocycles. The smallest absolute Gasteiger partial charge is 0.161 e. The fourth-order valence-corrected chi connectivity index (χ4v) is 2.89. The van der Waals surface area contributed by atoms with Gasteiger partial charge in [-0.1, -0.05) is 36.4 Å². The summed E-state index contributed by atoms with van der Waals surface area (Å²) in [7, 11) is 1.92. The molecule has 0 fully saturated rings. The highest BCUT2D eigenvalue weighted by Crippen LogP contribution is 2.32. The highest BCUT2D eigenvalue weighted by molar-refractivity contribution is 5.81. The van der Waals surface area contributed by atoms with Gasteiger partial charge in [-0.2, -0.15) is 0 Å². The maximum absolute atomic E-state index is 6.35. The Morgan fingerprint density at radius 2 is 1.41 bits per heavy atom. The molecule has 144 valence electrons. The van der Waals surface area contributed by atoms with Gasteiger partial charge in [0.2, 0.25) is 0 Å². The van der Waals surface area contributed by atoms with Gasteiger partial charge in [0.05, 0.1) is 0 Å². The first kappa shape index (κ1) is 18.3. The second-order valence-corrected chi connectivity index (χ2v) is 6.42. The van der Waals surface area contributed by atoms with E-state index in [1.54, 1.807) is 0 Å². The zero-order valence-corrected chi connectivity index (χ0v) is 16.0. The van der Waals surface area contributed by atoms with Crippen molar-refractivity contribution in [2.24, 2.45) is 0 Å². The van der Waals surface area contributed by atoms with Crippen LogP contribution in [0.2, 0.25) is 0 Å². The first-order valence-corrected chi connectivity index (χ1v) is 9.20. The number of nitrogens with one attached hydrogen (secondary N) is 1. The van der Waals surface area contributed by atoms with Gasteiger partial charge < -0.3 is 20.7 Å². The van der Waals surface area contributed by atoms with Crippen LogP contribution in [0.4, 0.5) is 28.7 Å². The third kappa shape index (κ3) is 4.27. The van der Waals surface area contributed by atoms with Crippen LogP contribution in [0.3, 0.4) is 0 Å². The van der Waals surface area contributed by atoms with E-state index in [-0.39, 0.29) is 0 Å². The summed E-state index contributed by atoms with van der Waals surface area (Å²) in [5.41, 5.74) is 8.67. The minimum absolute atomic E-state index is 0.475. The highest BCUT2D eigenvalue weighted by atomic mass is 16.5. The molecule has 0 radical (unpaired) electrons. The lowest BCUT2D eigenvalue weighted by atomic mass is 10.2. The number of para-hydroxylation sites is 2. The lowest BCUT2D eigenvalue weighted by molar-refractivity contribution is 0.483. The summed E-state index contributed by atoms with van der Waals surface area (Å²) in [6.07, 6.45) is 1.50. The number of nitrogens with two attached hydrogens (primary N) is 1. The molecule has 0 atom stereocenters. The summed E-state index contributed by atoms with van der Waals surface area (Å²) in [6, 6.07) is 27.2. The normalized spacial score (nSPS) is 10.4. The number of hydrogen-bond donors (Lipinski definition) is 2. The van der Waals surface area contributed by atoms with Crippen LogP contribution in [-0.4, -0.2) is 17.0 Å². The van der Waals surface area contributed by atoms with E-state index >= 15 is 0 Å². The van der Waals surface area contributed by atoms with Crippen molar-refractivity contribution in [1.82, 2.24) is 9.97 Å². The molecule has 0 saturated heterocycles. The fourth-order valence-electron chi connectivity index (χ4n) is 2.89. The molecule has 0 aliphatic rings. The van der Waals surface area contributed by atoms with Gasteiger partial charge in [-0.05, 0) is 48.5 Å². The van der Waals surface area contributed by atoms with Crippen molar-refractivity contribution in [1.29, 1.82) is 0 Å². The third-order valence-corrected chi connectivity index (χ3v) is 4.42. The standard InChI is InChI=1S/C23H21N5O/c1-28(18-8-4-2-5-9-18)23-21(24)22(25-16-26-23)27-17-12-14-20(15-13-17)29-19-10-6-3-7-11-19/h2-16H,24H2,1H3,(H,25,26,27). The van der Waals surface area contributed by atoms with Crippen molar-refractivity contribution >= 4 is 28.7 Å². The Labute approximate surface area is 169 Å². The Balaban J connectivity index is 1.51. The molecule has 4 aromatic rings. The minimum atomic E-state index is 0.475. The van der Waals surface area contributed by atoms with Crippen LogP contribution in [0, 0.1) is 0 Å². The lowest BCUT2D eigenvalue weighted by Crippen LogP contribution is -2.15. The molecule has 1 aromatic heterocycles. The van der Waals surface area contributed by atoms with Crippen molar-refractivity contribution in [2.45, 2.75) is 0 Å². The van der Waals surface area contributed by atoms with Crippen LogP contribution in [0.15, 0.2) is 91.3 Å². The van der Waals surface area contributed by atoms with E-state index in [4.69, 9.17) is 10.5 Å². The van der Waals surface area contributed by atoms with Crippen LogP contribution in [-0.2, 0) is 0 Å². The van der Waals surface area contributed by atoms with Crippen molar-refractivity contribution in [2.75, 3.05) is 23.0 Å². The van der Waals surface area contributed by atoms with Crippen LogP contribution < -0.4 is 20.7 Å². The van der Waals surface area contributed by atoms with Gasteiger partial charge in [0, 0.05) is 18.4 Å². The Hall–Kier alpha value is -4.06. The predicted molar refractivity (Wildman–Crippen MR) is 117 cm³/mol. The molecule has 3 N–H and O–H groups in total. The molecule has 0 spiro atoms. The monoisotopic (exact) mass is 383 g/mol. The van der Waals surface area contributed by atoms with Crippen molar-refractivity contribution < 1.29 is 4.74 Å². The van der Waals surface area contributed by atoms with Gasteiger partial charge in [-0.15, -0.1) is 0 Å². The van der Waals surface area contributed by atoms with Crippen LogP contribution in [0.25, 0.3) is 0 Å². The van der Waals surface area contributed by atoms with Crippen molar-refractivity contribution in [3.05, 3.63) is 91.3 Å². The van der Waals surface area contributed by atoms with Crippen LogP contribution in [0.1, 0.15) is 0 Å². The Morgan fingerprint density at radius 3 is 2.10 bits per heavy atom. The molecular weight excluding hydrogens is 362 g/mol. The van der Waals surface area contributed by atoms with Crippen molar-refractivity contribution in [3.8, 4) is 11.5 Å². The van der Waals surface area contributed by atoms with Crippen molar-refractivity contribution in [3.63, 3.8) is 0 Å². The zero-order valence-electron chi connectivity index (χ0n) is 16.0. The predicted octanol–water partition coefficient (Wildman–Crippen LogP) is 5.36. The summed E-state index contributed by atoms with van der Waals surface area (Å²) >= 11 is 0. The molecule has 29 heavy (non-hydrogen) atoms. The minimum Gasteiger partial charge on any atom is -0.457 e. The summed E-state index contributed by atoms with van der Waals surface area (Å²) in [6.45, 7) is 0. The van der Waals surface area contributed by atoms with E-state index in [0.29, 0.717) is 17.3 Å². The second-order valence-electron chi connectivity index (χ2n) is 6.42. The van der Waals surface area contributed by atoms with Gasteiger partial charge in [-0.3, -0.25) is 0 Å². The maximum atomic E-state index is 6.35. The summed E-state index contributed by atoms with van der Waals surface area (Å²) in [5.74, 6) is 2.73. The van der Waals surface area contributed by atoms with Gasteiger partial charge in [0.1, 0.15) is 23.5 Å². The average Bonchev–Trinajstić information content (AvgIpc) is 2.77. The van der Waals surface area contributed by atoms with E-state index in [1.165, 1.54) is 6.33 Å². The molecule has 0 saturated carbocycles.